The average Bonchev–Trinajstić information content (AvgIpc) is 2.96. The standard InChI is InChI=1S/C14H21ClN4OS/c1-3-11-9-17-19(10-11)14(16-4-2)18-21(20)13-8-6-5-7-12(13)15/h6,8-9,11H,3-5,7,10H2,1-2H3,(H,16,18). The van der Waals surface area contributed by atoms with Gasteiger partial charge >= 0.3 is 0 Å². The highest BCUT2D eigenvalue weighted by atomic mass is 35.5. The monoisotopic (exact) mass is 328 g/mol. The number of guanidine groups is 1. The molecule has 2 unspecified atom stereocenters. The first kappa shape index (κ1) is 16.2. The van der Waals surface area contributed by atoms with Crippen molar-refractivity contribution in [3.8, 4) is 0 Å². The molecule has 0 bridgehead atoms. The Kier molecular flexibility index (Phi) is 5.99. The molecule has 0 saturated carbocycles. The van der Waals surface area contributed by atoms with E-state index in [1.54, 1.807) is 5.01 Å². The van der Waals surface area contributed by atoms with Crippen molar-refractivity contribution in [2.75, 3.05) is 13.1 Å². The Balaban J connectivity index is 2.07. The van der Waals surface area contributed by atoms with Gasteiger partial charge in [0, 0.05) is 23.7 Å². The topological polar surface area (TPSA) is 57.1 Å². The maximum Gasteiger partial charge on any atom is 0.227 e. The molecule has 2 rings (SSSR count). The number of hydrazone groups is 1. The van der Waals surface area contributed by atoms with E-state index >= 15 is 0 Å². The summed E-state index contributed by atoms with van der Waals surface area (Å²) in [5.41, 5.74) is 0. The van der Waals surface area contributed by atoms with Crippen LogP contribution in [0.15, 0.2) is 32.2 Å². The number of rotatable bonds is 4. The Morgan fingerprint density at radius 2 is 2.43 bits per heavy atom. The van der Waals surface area contributed by atoms with Crippen LogP contribution in [0.25, 0.3) is 0 Å². The quantitative estimate of drug-likeness (QED) is 0.637. The summed E-state index contributed by atoms with van der Waals surface area (Å²) in [6, 6.07) is 0. The Hall–Kier alpha value is -1.14. The van der Waals surface area contributed by atoms with Crippen molar-refractivity contribution in [1.29, 1.82) is 0 Å². The summed E-state index contributed by atoms with van der Waals surface area (Å²) >= 11 is 6.16. The number of hydrogen-bond acceptors (Lipinski definition) is 3. The molecule has 0 aromatic carbocycles. The van der Waals surface area contributed by atoms with Gasteiger partial charge in [0.1, 0.15) is 0 Å². The summed E-state index contributed by atoms with van der Waals surface area (Å²) < 4.78 is 15.4. The molecule has 21 heavy (non-hydrogen) atoms. The molecular weight excluding hydrogens is 308 g/mol. The van der Waals surface area contributed by atoms with E-state index in [2.05, 4.69) is 21.7 Å². The van der Waals surface area contributed by atoms with E-state index in [9.17, 15) is 4.21 Å². The van der Waals surface area contributed by atoms with Crippen molar-refractivity contribution in [2.45, 2.75) is 33.1 Å². The summed E-state index contributed by atoms with van der Waals surface area (Å²) in [5.74, 6) is 0.957. The second-order valence-electron chi connectivity index (χ2n) is 4.89. The van der Waals surface area contributed by atoms with Crippen molar-refractivity contribution in [1.82, 2.24) is 9.73 Å². The molecule has 5 nitrogen and oxygen atoms in total. The minimum absolute atomic E-state index is 0.416. The predicted molar refractivity (Wildman–Crippen MR) is 89.5 cm³/mol. The third kappa shape index (κ3) is 4.17. The van der Waals surface area contributed by atoms with Crippen LogP contribution in [0.2, 0.25) is 0 Å². The number of nitrogens with zero attached hydrogens (tertiary/aromatic N) is 3. The molecule has 0 saturated heterocycles. The van der Waals surface area contributed by atoms with Gasteiger partial charge in [-0.2, -0.15) is 5.10 Å². The average molecular weight is 329 g/mol. The van der Waals surface area contributed by atoms with Crippen molar-refractivity contribution in [3.63, 3.8) is 0 Å². The first-order valence-corrected chi connectivity index (χ1v) is 8.78. The van der Waals surface area contributed by atoms with Crippen LogP contribution in [0.3, 0.4) is 0 Å². The number of nitrogens with one attached hydrogen (secondary N) is 1. The van der Waals surface area contributed by atoms with E-state index in [1.807, 2.05) is 25.3 Å². The third-order valence-electron chi connectivity index (χ3n) is 3.35. The zero-order valence-electron chi connectivity index (χ0n) is 12.4. The first-order valence-electron chi connectivity index (χ1n) is 7.25. The maximum absolute atomic E-state index is 12.4. The van der Waals surface area contributed by atoms with Crippen LogP contribution >= 0.6 is 11.6 Å². The SMILES string of the molecule is CCN=C(NS(=O)C1=C(Cl)CCC=C1)N1CC(CC)C=N1. The van der Waals surface area contributed by atoms with Crippen LogP contribution < -0.4 is 4.72 Å². The second-order valence-corrected chi connectivity index (χ2v) is 6.53. The van der Waals surface area contributed by atoms with Gasteiger partial charge in [0.05, 0.1) is 11.4 Å². The molecule has 7 heteroatoms. The third-order valence-corrected chi connectivity index (χ3v) is 5.01. The highest BCUT2D eigenvalue weighted by Gasteiger charge is 2.23. The van der Waals surface area contributed by atoms with Gasteiger partial charge in [-0.3, -0.25) is 9.71 Å². The number of halogens is 1. The van der Waals surface area contributed by atoms with Crippen molar-refractivity contribution >= 4 is 34.8 Å². The highest BCUT2D eigenvalue weighted by Crippen LogP contribution is 2.24. The normalized spacial score (nSPS) is 23.9. The second kappa shape index (κ2) is 7.75. The smallest absolute Gasteiger partial charge is 0.227 e. The lowest BCUT2D eigenvalue weighted by molar-refractivity contribution is 0.431. The van der Waals surface area contributed by atoms with Crippen molar-refractivity contribution in [2.24, 2.45) is 16.0 Å². The Labute approximate surface area is 133 Å². The maximum atomic E-state index is 12.4. The lowest BCUT2D eigenvalue weighted by Gasteiger charge is -2.19. The zero-order valence-corrected chi connectivity index (χ0v) is 14.0. The fraction of sp³-hybridized carbons (Fsp3) is 0.571. The molecule has 2 atom stereocenters. The van der Waals surface area contributed by atoms with E-state index in [-0.39, 0.29) is 0 Å². The lowest BCUT2D eigenvalue weighted by Crippen LogP contribution is -2.39. The van der Waals surface area contributed by atoms with Gasteiger partial charge < -0.3 is 0 Å². The summed E-state index contributed by atoms with van der Waals surface area (Å²) in [5, 5.41) is 6.76. The van der Waals surface area contributed by atoms with Gasteiger partial charge in [-0.15, -0.1) is 0 Å². The largest absolute Gasteiger partial charge is 0.270 e. The van der Waals surface area contributed by atoms with Crippen LogP contribution in [-0.4, -0.2) is 34.5 Å². The van der Waals surface area contributed by atoms with Gasteiger partial charge in [-0.05, 0) is 32.3 Å². The molecule has 1 heterocycles. The molecule has 0 aromatic rings. The summed E-state index contributed by atoms with van der Waals surface area (Å²) in [7, 11) is -1.41. The van der Waals surface area contributed by atoms with Gasteiger partial charge in [-0.1, -0.05) is 24.6 Å². The summed E-state index contributed by atoms with van der Waals surface area (Å²) in [6.45, 7) is 5.43. The molecule has 1 aliphatic carbocycles. The molecule has 2 aliphatic rings. The Morgan fingerprint density at radius 1 is 1.62 bits per heavy atom. The first-order chi connectivity index (χ1) is 10.2. The Morgan fingerprint density at radius 3 is 3.05 bits per heavy atom. The highest BCUT2D eigenvalue weighted by molar-refractivity contribution is 7.88. The van der Waals surface area contributed by atoms with Gasteiger partial charge in [0.2, 0.25) is 5.96 Å². The molecule has 1 aliphatic heterocycles. The summed E-state index contributed by atoms with van der Waals surface area (Å²) in [6.07, 6.45) is 8.38. The van der Waals surface area contributed by atoms with Crippen molar-refractivity contribution in [3.05, 3.63) is 22.1 Å². The van der Waals surface area contributed by atoms with Crippen LogP contribution in [0.4, 0.5) is 0 Å². The molecule has 0 amide bonds. The number of allylic oxidation sites excluding steroid dienone is 3. The molecule has 0 radical (unpaired) electrons. The minimum atomic E-state index is -1.41. The molecular formula is C14H21ClN4OS. The fourth-order valence-corrected chi connectivity index (χ4v) is 3.45. The molecule has 116 valence electrons. The molecule has 0 aromatic heterocycles. The number of hydrogen-bond donors (Lipinski definition) is 1. The zero-order chi connectivity index (χ0) is 15.2. The minimum Gasteiger partial charge on any atom is -0.270 e. The van der Waals surface area contributed by atoms with E-state index in [1.165, 1.54) is 0 Å². The van der Waals surface area contributed by atoms with Gasteiger partial charge in [0.25, 0.3) is 0 Å². The molecule has 0 spiro atoms. The van der Waals surface area contributed by atoms with Crippen LogP contribution in [0.5, 0.6) is 0 Å². The van der Waals surface area contributed by atoms with Crippen LogP contribution in [0.1, 0.15) is 33.1 Å². The van der Waals surface area contributed by atoms with Crippen LogP contribution in [-0.2, 0) is 11.0 Å². The van der Waals surface area contributed by atoms with E-state index in [0.29, 0.717) is 28.4 Å². The van der Waals surface area contributed by atoms with E-state index in [0.717, 1.165) is 25.8 Å². The lowest BCUT2D eigenvalue weighted by atomic mass is 10.1. The van der Waals surface area contributed by atoms with Gasteiger partial charge in [0.15, 0.2) is 11.0 Å². The van der Waals surface area contributed by atoms with Gasteiger partial charge in [-0.25, -0.2) is 9.22 Å². The summed E-state index contributed by atoms with van der Waals surface area (Å²) in [4.78, 5) is 5.00. The van der Waals surface area contributed by atoms with Crippen molar-refractivity contribution < 1.29 is 4.21 Å². The molecule has 0 fully saturated rings. The number of aliphatic imine (C=N–C) groups is 1. The van der Waals surface area contributed by atoms with Crippen LogP contribution in [0, 0.1) is 5.92 Å². The van der Waals surface area contributed by atoms with E-state index < -0.39 is 11.0 Å². The van der Waals surface area contributed by atoms with E-state index in [4.69, 9.17) is 11.6 Å². The molecule has 1 N–H and O–H groups in total. The Bertz CT molecular complexity index is 527. The predicted octanol–water partition coefficient (Wildman–Crippen LogP) is 2.74. The fourth-order valence-electron chi connectivity index (χ4n) is 2.10.